The Hall–Kier alpha value is -3.39. The van der Waals surface area contributed by atoms with Crippen LogP contribution >= 0.6 is 0 Å². The zero-order valence-electron chi connectivity index (χ0n) is 14.3. The average molecular weight is 340 g/mol. The first-order valence-electron chi connectivity index (χ1n) is 8.70. The van der Waals surface area contributed by atoms with E-state index in [1.54, 1.807) is 0 Å². The summed E-state index contributed by atoms with van der Waals surface area (Å²) in [6.07, 6.45) is 2.43. The van der Waals surface area contributed by atoms with Gasteiger partial charge < -0.3 is 9.51 Å². The summed E-state index contributed by atoms with van der Waals surface area (Å²) in [4.78, 5) is 7.96. The maximum Gasteiger partial charge on any atom is 0.258 e. The molecule has 0 radical (unpaired) electrons. The Morgan fingerprint density at radius 1 is 1.19 bits per heavy atom. The quantitative estimate of drug-likeness (QED) is 0.573. The van der Waals surface area contributed by atoms with Crippen LogP contribution in [0.5, 0.6) is 0 Å². The van der Waals surface area contributed by atoms with Gasteiger partial charge in [-0.2, -0.15) is 10.2 Å². The predicted octanol–water partition coefficient (Wildman–Crippen LogP) is 4.94. The SMILES string of the molecule is Cc1ccccc1-c1noc(-c2cc(C#N)c3[nH]c(C4CC4)cc3c2)n1. The van der Waals surface area contributed by atoms with Crippen LogP contribution in [0.15, 0.2) is 47.0 Å². The molecule has 4 aromatic rings. The molecule has 0 saturated heterocycles. The van der Waals surface area contributed by atoms with Gasteiger partial charge >= 0.3 is 0 Å². The number of aromatic amines is 1. The van der Waals surface area contributed by atoms with E-state index in [0.717, 1.165) is 27.6 Å². The topological polar surface area (TPSA) is 78.5 Å². The van der Waals surface area contributed by atoms with Crippen LogP contribution in [0, 0.1) is 18.3 Å². The molecule has 126 valence electrons. The van der Waals surface area contributed by atoms with Crippen molar-refractivity contribution in [3.05, 3.63) is 59.3 Å². The largest absolute Gasteiger partial charge is 0.357 e. The molecule has 26 heavy (non-hydrogen) atoms. The zero-order valence-corrected chi connectivity index (χ0v) is 14.3. The number of fused-ring (bicyclic) bond motifs is 1. The van der Waals surface area contributed by atoms with Crippen LogP contribution in [0.3, 0.4) is 0 Å². The highest BCUT2D eigenvalue weighted by atomic mass is 16.5. The van der Waals surface area contributed by atoms with Gasteiger partial charge in [-0.25, -0.2) is 0 Å². The lowest BCUT2D eigenvalue weighted by atomic mass is 10.1. The Kier molecular flexibility index (Phi) is 3.19. The first-order chi connectivity index (χ1) is 12.7. The number of hydrogen-bond donors (Lipinski definition) is 1. The molecule has 0 aliphatic heterocycles. The van der Waals surface area contributed by atoms with Crippen molar-refractivity contribution >= 4 is 10.9 Å². The number of benzene rings is 2. The first kappa shape index (κ1) is 14.9. The second-order valence-electron chi connectivity index (χ2n) is 6.84. The number of hydrogen-bond acceptors (Lipinski definition) is 4. The highest BCUT2D eigenvalue weighted by molar-refractivity contribution is 5.90. The standard InChI is InChI=1S/C21H16N4O/c1-12-4-2-3-5-17(12)20-24-21(26-25-20)15-8-14-10-18(13-6-7-13)23-19(14)16(9-15)11-22/h2-5,8-10,13,23H,6-7H2,1H3. The predicted molar refractivity (Wildman–Crippen MR) is 98.5 cm³/mol. The van der Waals surface area contributed by atoms with E-state index < -0.39 is 0 Å². The van der Waals surface area contributed by atoms with Crippen LogP contribution in [-0.2, 0) is 0 Å². The second kappa shape index (κ2) is 5.57. The van der Waals surface area contributed by atoms with Gasteiger partial charge in [-0.15, -0.1) is 0 Å². The molecule has 5 rings (SSSR count). The van der Waals surface area contributed by atoms with E-state index in [1.807, 2.05) is 43.3 Å². The Labute approximate surface area is 150 Å². The Morgan fingerprint density at radius 3 is 2.81 bits per heavy atom. The smallest absolute Gasteiger partial charge is 0.258 e. The molecule has 1 aliphatic carbocycles. The minimum absolute atomic E-state index is 0.427. The second-order valence-corrected chi connectivity index (χ2v) is 6.84. The third kappa shape index (κ3) is 2.39. The van der Waals surface area contributed by atoms with E-state index in [9.17, 15) is 5.26 Å². The molecule has 0 atom stereocenters. The Bertz CT molecular complexity index is 1170. The number of nitrogens with one attached hydrogen (secondary N) is 1. The summed E-state index contributed by atoms with van der Waals surface area (Å²) in [5, 5.41) is 14.7. The fraction of sp³-hybridized carbons (Fsp3) is 0.190. The van der Waals surface area contributed by atoms with Crippen LogP contribution in [0.25, 0.3) is 33.7 Å². The van der Waals surface area contributed by atoms with Gasteiger partial charge in [-0.3, -0.25) is 0 Å². The molecular weight excluding hydrogens is 324 g/mol. The van der Waals surface area contributed by atoms with E-state index in [0.29, 0.717) is 23.2 Å². The van der Waals surface area contributed by atoms with Crippen LogP contribution in [0.1, 0.15) is 35.6 Å². The molecule has 1 saturated carbocycles. The van der Waals surface area contributed by atoms with E-state index in [2.05, 4.69) is 27.3 Å². The van der Waals surface area contributed by atoms with Crippen molar-refractivity contribution in [2.75, 3.05) is 0 Å². The third-order valence-corrected chi connectivity index (χ3v) is 4.95. The molecular formula is C21H16N4O. The highest BCUT2D eigenvalue weighted by Crippen LogP contribution is 2.41. The van der Waals surface area contributed by atoms with E-state index in [1.165, 1.54) is 18.5 Å². The summed E-state index contributed by atoms with van der Waals surface area (Å²) in [6, 6.07) is 16.2. The average Bonchev–Trinajstić information content (AvgIpc) is 3.23. The van der Waals surface area contributed by atoms with Crippen molar-refractivity contribution in [3.8, 4) is 28.9 Å². The number of nitrogens with zero attached hydrogens (tertiary/aromatic N) is 3. The number of rotatable bonds is 3. The summed E-state index contributed by atoms with van der Waals surface area (Å²) < 4.78 is 5.49. The number of aromatic nitrogens is 3. The molecule has 2 heterocycles. The molecule has 5 nitrogen and oxygen atoms in total. The molecule has 2 aromatic carbocycles. The molecule has 1 aliphatic rings. The summed E-state index contributed by atoms with van der Waals surface area (Å²) >= 11 is 0. The van der Waals surface area contributed by atoms with E-state index in [-0.39, 0.29) is 0 Å². The van der Waals surface area contributed by atoms with Gasteiger partial charge in [0.1, 0.15) is 6.07 Å². The molecule has 0 bridgehead atoms. The van der Waals surface area contributed by atoms with E-state index >= 15 is 0 Å². The minimum atomic E-state index is 0.427. The maximum absolute atomic E-state index is 9.55. The number of aryl methyl sites for hydroxylation is 1. The molecule has 5 heteroatoms. The summed E-state index contributed by atoms with van der Waals surface area (Å²) in [6.45, 7) is 2.02. The van der Waals surface area contributed by atoms with Crippen molar-refractivity contribution in [2.45, 2.75) is 25.7 Å². The lowest BCUT2D eigenvalue weighted by molar-refractivity contribution is 0.432. The Morgan fingerprint density at radius 2 is 2.04 bits per heavy atom. The summed E-state index contributed by atoms with van der Waals surface area (Å²) in [5.41, 5.74) is 5.49. The number of H-pyrrole nitrogens is 1. The van der Waals surface area contributed by atoms with Gasteiger partial charge in [-0.05, 0) is 49.4 Å². The van der Waals surface area contributed by atoms with Crippen molar-refractivity contribution in [3.63, 3.8) is 0 Å². The van der Waals surface area contributed by atoms with Gasteiger partial charge in [0.2, 0.25) is 5.82 Å². The van der Waals surface area contributed by atoms with Crippen molar-refractivity contribution < 1.29 is 4.52 Å². The fourth-order valence-electron chi connectivity index (χ4n) is 3.37. The molecule has 1 N–H and O–H groups in total. The molecule has 2 aromatic heterocycles. The molecule has 0 spiro atoms. The fourth-order valence-corrected chi connectivity index (χ4v) is 3.37. The maximum atomic E-state index is 9.55. The van der Waals surface area contributed by atoms with Crippen LogP contribution in [0.4, 0.5) is 0 Å². The van der Waals surface area contributed by atoms with Crippen LogP contribution < -0.4 is 0 Å². The molecule has 0 unspecified atom stereocenters. The Balaban J connectivity index is 1.61. The van der Waals surface area contributed by atoms with Crippen LogP contribution in [0.2, 0.25) is 0 Å². The highest BCUT2D eigenvalue weighted by Gasteiger charge is 2.26. The van der Waals surface area contributed by atoms with Gasteiger partial charge in [0.25, 0.3) is 5.89 Å². The van der Waals surface area contributed by atoms with Gasteiger partial charge in [-0.1, -0.05) is 29.4 Å². The van der Waals surface area contributed by atoms with Crippen molar-refractivity contribution in [1.29, 1.82) is 5.26 Å². The van der Waals surface area contributed by atoms with Gasteiger partial charge in [0, 0.05) is 22.2 Å². The zero-order chi connectivity index (χ0) is 17.7. The number of nitriles is 1. The first-order valence-corrected chi connectivity index (χ1v) is 8.70. The van der Waals surface area contributed by atoms with Gasteiger partial charge in [0.05, 0.1) is 11.1 Å². The monoisotopic (exact) mass is 340 g/mol. The summed E-state index contributed by atoms with van der Waals surface area (Å²) in [5.74, 6) is 1.59. The normalized spacial score (nSPS) is 13.8. The lowest BCUT2D eigenvalue weighted by Gasteiger charge is -1.99. The lowest BCUT2D eigenvalue weighted by Crippen LogP contribution is -1.86. The molecule has 0 amide bonds. The van der Waals surface area contributed by atoms with Crippen LogP contribution in [-0.4, -0.2) is 15.1 Å². The van der Waals surface area contributed by atoms with Crippen molar-refractivity contribution in [1.82, 2.24) is 15.1 Å². The van der Waals surface area contributed by atoms with Crippen molar-refractivity contribution in [2.24, 2.45) is 0 Å². The van der Waals surface area contributed by atoms with Gasteiger partial charge in [0.15, 0.2) is 0 Å². The summed E-state index contributed by atoms with van der Waals surface area (Å²) in [7, 11) is 0. The third-order valence-electron chi connectivity index (χ3n) is 4.95. The van der Waals surface area contributed by atoms with E-state index in [4.69, 9.17) is 4.52 Å². The molecule has 1 fully saturated rings. The minimum Gasteiger partial charge on any atom is -0.357 e.